The molecular formula is C17H19ClN4O2. The number of nitrogens with zero attached hydrogens (tertiary/aromatic N) is 3. The van der Waals surface area contributed by atoms with E-state index in [0.29, 0.717) is 23.6 Å². The summed E-state index contributed by atoms with van der Waals surface area (Å²) < 4.78 is 1.65. The zero-order valence-electron chi connectivity index (χ0n) is 13.8. The van der Waals surface area contributed by atoms with Crippen molar-refractivity contribution < 1.29 is 9.59 Å². The highest BCUT2D eigenvalue weighted by Gasteiger charge is 2.34. The summed E-state index contributed by atoms with van der Waals surface area (Å²) in [5.74, 6) is -0.363. The van der Waals surface area contributed by atoms with Gasteiger partial charge < -0.3 is 10.2 Å². The number of benzene rings is 1. The summed E-state index contributed by atoms with van der Waals surface area (Å²) in [4.78, 5) is 26.7. The minimum absolute atomic E-state index is 0.111. The van der Waals surface area contributed by atoms with Crippen LogP contribution in [0.25, 0.3) is 0 Å². The maximum atomic E-state index is 12.5. The molecule has 0 aliphatic carbocycles. The second-order valence-corrected chi connectivity index (χ2v) is 6.50. The van der Waals surface area contributed by atoms with Crippen molar-refractivity contribution >= 4 is 29.1 Å². The molecule has 1 atom stereocenters. The molecular weight excluding hydrogens is 328 g/mol. The third-order valence-electron chi connectivity index (χ3n) is 4.26. The summed E-state index contributed by atoms with van der Waals surface area (Å²) in [6, 6.07) is 3.00. The van der Waals surface area contributed by atoms with Crippen LogP contribution in [0.4, 0.5) is 5.69 Å². The van der Waals surface area contributed by atoms with Gasteiger partial charge in [0.15, 0.2) is 0 Å². The van der Waals surface area contributed by atoms with Gasteiger partial charge in [-0.2, -0.15) is 5.10 Å². The molecule has 1 aliphatic rings. The zero-order chi connectivity index (χ0) is 17.4. The van der Waals surface area contributed by atoms with E-state index in [1.807, 2.05) is 13.8 Å². The predicted molar refractivity (Wildman–Crippen MR) is 92.4 cm³/mol. The number of carbonyl (C=O) groups excluding carboxylic acids is 2. The molecule has 1 fully saturated rings. The van der Waals surface area contributed by atoms with E-state index in [2.05, 4.69) is 10.4 Å². The first-order chi connectivity index (χ1) is 11.4. The molecule has 6 nitrogen and oxygen atoms in total. The monoisotopic (exact) mass is 346 g/mol. The number of halogens is 1. The Morgan fingerprint density at radius 2 is 2.08 bits per heavy atom. The Labute approximate surface area is 145 Å². The summed E-state index contributed by atoms with van der Waals surface area (Å²) in [5, 5.41) is 7.55. The molecule has 0 radical (unpaired) electrons. The molecule has 7 heteroatoms. The highest BCUT2D eigenvalue weighted by Crippen LogP contribution is 2.23. The fourth-order valence-corrected chi connectivity index (χ4v) is 3.10. The van der Waals surface area contributed by atoms with E-state index >= 15 is 0 Å². The van der Waals surface area contributed by atoms with Gasteiger partial charge in [0.05, 0.1) is 11.9 Å². The summed E-state index contributed by atoms with van der Waals surface area (Å²) in [6.07, 6.45) is 4.01. The van der Waals surface area contributed by atoms with Gasteiger partial charge in [0.2, 0.25) is 5.91 Å². The summed E-state index contributed by atoms with van der Waals surface area (Å²) in [7, 11) is 1.80. The van der Waals surface area contributed by atoms with Crippen molar-refractivity contribution in [2.75, 3.05) is 11.4 Å². The van der Waals surface area contributed by atoms with Crippen LogP contribution in [-0.2, 0) is 11.8 Å². The van der Waals surface area contributed by atoms with E-state index in [0.717, 1.165) is 16.8 Å². The maximum absolute atomic E-state index is 12.5. The highest BCUT2D eigenvalue weighted by molar-refractivity contribution is 6.31. The van der Waals surface area contributed by atoms with E-state index in [-0.39, 0.29) is 11.8 Å². The molecule has 1 aliphatic heterocycles. The SMILES string of the molecule is Cc1cc(C(=O)NC2CCN(c3cnn(C)c3)C2=O)c(C)cc1Cl. The number of aryl methyl sites for hydroxylation is 3. The van der Waals surface area contributed by atoms with Crippen molar-refractivity contribution in [2.45, 2.75) is 26.3 Å². The number of hydrogen-bond acceptors (Lipinski definition) is 3. The van der Waals surface area contributed by atoms with Crippen LogP contribution in [0.5, 0.6) is 0 Å². The number of carbonyl (C=O) groups is 2. The van der Waals surface area contributed by atoms with Crippen LogP contribution >= 0.6 is 11.6 Å². The lowest BCUT2D eigenvalue weighted by atomic mass is 10.0. The maximum Gasteiger partial charge on any atom is 0.252 e. The van der Waals surface area contributed by atoms with Crippen LogP contribution < -0.4 is 10.2 Å². The molecule has 0 spiro atoms. The van der Waals surface area contributed by atoms with Gasteiger partial charge in [-0.25, -0.2) is 0 Å². The molecule has 2 heterocycles. The quantitative estimate of drug-likeness (QED) is 0.926. The fraction of sp³-hybridized carbons (Fsp3) is 0.353. The number of aromatic nitrogens is 2. The first kappa shape index (κ1) is 16.5. The van der Waals surface area contributed by atoms with E-state index in [4.69, 9.17) is 11.6 Å². The van der Waals surface area contributed by atoms with Crippen LogP contribution in [-0.4, -0.2) is 34.2 Å². The minimum Gasteiger partial charge on any atom is -0.340 e. The second kappa shape index (κ2) is 6.28. The molecule has 2 aromatic rings. The molecule has 0 bridgehead atoms. The minimum atomic E-state index is -0.520. The van der Waals surface area contributed by atoms with Crippen molar-refractivity contribution in [1.29, 1.82) is 0 Å². The van der Waals surface area contributed by atoms with Gasteiger partial charge in [-0.15, -0.1) is 0 Å². The van der Waals surface area contributed by atoms with Crippen LogP contribution in [0.1, 0.15) is 27.9 Å². The Bertz CT molecular complexity index is 815. The number of amides is 2. The molecule has 3 rings (SSSR count). The Morgan fingerprint density at radius 1 is 1.33 bits per heavy atom. The van der Waals surface area contributed by atoms with Gasteiger partial charge in [-0.05, 0) is 43.5 Å². The van der Waals surface area contributed by atoms with Gasteiger partial charge >= 0.3 is 0 Å². The number of hydrogen-bond donors (Lipinski definition) is 1. The Hall–Kier alpha value is -2.34. The van der Waals surface area contributed by atoms with E-state index < -0.39 is 6.04 Å². The smallest absolute Gasteiger partial charge is 0.252 e. The first-order valence-electron chi connectivity index (χ1n) is 7.74. The van der Waals surface area contributed by atoms with E-state index in [9.17, 15) is 9.59 Å². The molecule has 24 heavy (non-hydrogen) atoms. The lowest BCUT2D eigenvalue weighted by molar-refractivity contribution is -0.118. The van der Waals surface area contributed by atoms with Crippen molar-refractivity contribution in [1.82, 2.24) is 15.1 Å². The molecule has 1 aromatic carbocycles. The van der Waals surface area contributed by atoms with Gasteiger partial charge in [0.25, 0.3) is 5.91 Å². The summed E-state index contributed by atoms with van der Waals surface area (Å²) in [5.41, 5.74) is 2.92. The van der Waals surface area contributed by atoms with Crippen molar-refractivity contribution in [3.05, 3.63) is 46.2 Å². The molecule has 2 amide bonds. The third-order valence-corrected chi connectivity index (χ3v) is 4.67. The zero-order valence-corrected chi connectivity index (χ0v) is 14.6. The average molecular weight is 347 g/mol. The largest absolute Gasteiger partial charge is 0.340 e. The third kappa shape index (κ3) is 3.01. The normalized spacial score (nSPS) is 17.4. The van der Waals surface area contributed by atoms with Crippen molar-refractivity contribution in [2.24, 2.45) is 7.05 Å². The Morgan fingerprint density at radius 3 is 2.75 bits per heavy atom. The lowest BCUT2D eigenvalue weighted by Crippen LogP contribution is -2.41. The molecule has 0 saturated carbocycles. The van der Waals surface area contributed by atoms with Crippen molar-refractivity contribution in [3.63, 3.8) is 0 Å². The average Bonchev–Trinajstić information content (AvgIpc) is 3.10. The molecule has 126 valence electrons. The van der Waals surface area contributed by atoms with Gasteiger partial charge in [-0.3, -0.25) is 14.3 Å². The van der Waals surface area contributed by atoms with Gasteiger partial charge in [0.1, 0.15) is 6.04 Å². The molecule has 1 unspecified atom stereocenters. The number of rotatable bonds is 3. The summed E-state index contributed by atoms with van der Waals surface area (Å²) in [6.45, 7) is 4.25. The standard InChI is InChI=1S/C17H19ClN4O2/c1-10-7-14(18)11(2)6-13(10)16(23)20-15-4-5-22(17(15)24)12-8-19-21(3)9-12/h6-9,15H,4-5H2,1-3H3,(H,20,23). The molecule has 1 aromatic heterocycles. The molecule has 1 saturated heterocycles. The van der Waals surface area contributed by atoms with Crippen molar-refractivity contribution in [3.8, 4) is 0 Å². The van der Waals surface area contributed by atoms with Crippen LogP contribution in [0.2, 0.25) is 5.02 Å². The number of nitrogens with one attached hydrogen (secondary N) is 1. The highest BCUT2D eigenvalue weighted by atomic mass is 35.5. The molecule has 1 N–H and O–H groups in total. The van der Waals surface area contributed by atoms with Gasteiger partial charge in [0, 0.05) is 30.4 Å². The van der Waals surface area contributed by atoms with Gasteiger partial charge in [-0.1, -0.05) is 11.6 Å². The lowest BCUT2D eigenvalue weighted by Gasteiger charge is -2.16. The Balaban J connectivity index is 1.74. The fourth-order valence-electron chi connectivity index (χ4n) is 2.88. The van der Waals surface area contributed by atoms with E-state index in [1.54, 1.807) is 41.2 Å². The summed E-state index contributed by atoms with van der Waals surface area (Å²) >= 11 is 6.07. The van der Waals surface area contributed by atoms with Crippen LogP contribution in [0.15, 0.2) is 24.5 Å². The topological polar surface area (TPSA) is 67.2 Å². The first-order valence-corrected chi connectivity index (χ1v) is 8.12. The predicted octanol–water partition coefficient (Wildman–Crippen LogP) is 2.23. The Kier molecular flexibility index (Phi) is 4.32. The van der Waals surface area contributed by atoms with E-state index in [1.165, 1.54) is 0 Å². The second-order valence-electron chi connectivity index (χ2n) is 6.09. The van der Waals surface area contributed by atoms with Crippen LogP contribution in [0, 0.1) is 13.8 Å². The number of anilines is 1. The van der Waals surface area contributed by atoms with Crippen LogP contribution in [0.3, 0.4) is 0 Å².